The summed E-state index contributed by atoms with van der Waals surface area (Å²) in [5, 5.41) is 35.6. The summed E-state index contributed by atoms with van der Waals surface area (Å²) in [6.45, 7) is 32.7. The standard InChI is InChI=1S/C13H9F3NO.C12H7F3N.C12H5F2N2.C12H10N.C11H6F2N.C11H8N.C9H9BN6.C7H13.C6H16O3P.2C5H8O2.CN.ClH.4Ir.2Pt/c1-9-8-10(18-13(14,15)16)5-6-11(9)12-4-2-3-7-17-12;13-12(14,15)10-6-4-9(5-7-10)11-3-1-2-8-16-11;1-15-12-9(13)6-5-8(11(12)14)10-4-2-3-7-16-10;1-10-5-7-11(8-6-10)12-4-2-3-9-13-12;12-8-4-5-9(10(13)7-8)11-3-1-2-6-14-11;1-2-6-10(7-3-1)11-8-4-5-9-12-11;1-4-11-14(7-1)10(15-8-2-5-12-15)16-9-3-6-13-16;1-7-5-3-2-4-6-7;1-4-7-10(8-5-2)9-6-3;2*1-4(6)3-5(2)7;1-2;;;;;;;/h2-5,7-8H,1H3;1-4,6-8H;2-4,6-7H;2-7,9H,1H3;1-4,6-7H;1-6,8-9H;1-9H;7H,1-6H2;10H,4-6H2,1-3H3;2*3,6H,1-2H3;;1H;;;;;;/q6*-1;;-1;+1;;;-1;;;;;+3;;/p-1. The van der Waals surface area contributed by atoms with Gasteiger partial charge in [-0.3, -0.25) is 45.8 Å². The summed E-state index contributed by atoms with van der Waals surface area (Å²) < 4.78 is 150. The number of aliphatic hydroxyl groups is 2. The molecule has 0 unspecified atom stereocenters. The number of allylic oxidation sites excluding steroid dienone is 4. The van der Waals surface area contributed by atoms with Gasteiger partial charge in [-0.25, -0.2) is 0 Å². The maximum Gasteiger partial charge on any atom is 0.568 e. The second-order valence-electron chi connectivity index (χ2n) is 28.3. The molecule has 145 heavy (non-hydrogen) atoms. The van der Waals surface area contributed by atoms with Gasteiger partial charge in [0.05, 0.1) is 37.9 Å². The monoisotopic (exact) mass is 3100 g/mol. The van der Waals surface area contributed by atoms with Crippen LogP contribution in [0.5, 0.6) is 5.75 Å². The average molecular weight is 3100 g/mol. The van der Waals surface area contributed by atoms with Gasteiger partial charge in [-0.2, -0.15) is 48.0 Å². The molecule has 9 heterocycles. The molecule has 1 aliphatic carbocycles. The molecule has 15 aromatic rings. The number of hydrogen-bond acceptors (Lipinski definition) is 18. The largest absolute Gasteiger partial charge is 0.568 e. The van der Waals surface area contributed by atoms with Gasteiger partial charge in [0, 0.05) is 218 Å². The SMILES string of the molecule is CC(=O)C=C(C)O.CC(=O)C=C(C)O.CCO[PH+](OCC)OCC.Cc1c[c-]c(-c2ccccn2)cc1.Cc1cc(OC(F)(F)F)c[c-]c1-c1ccccn1.FC(F)(F)c1c[c-]c(-c2ccccn2)cc1.Fc1c[c-]c(-c2ccccn2)c(F)c1.[C-]#N.[C-]#[N+]c1c(F)c[c-]c(-c2ccccn2)c1F.[CH2-]C1CCCCC1.[Cl][Ir+2].[Ir].[Ir].[Ir].[Pt].[Pt].[c-]1ccccc1-c1ccccn1.c1cnn(B(n2cccn2)n2cccn2)c1. The topological polar surface area (TPSA) is 270 Å². The van der Waals surface area contributed by atoms with Gasteiger partial charge < -0.3 is 63.6 Å². The molecule has 41 heteroatoms. The molecule has 2 N–H and O–H groups in total. The zero-order chi connectivity index (χ0) is 103. The molecule has 779 valence electrons. The predicted molar refractivity (Wildman–Crippen MR) is 517 cm³/mol. The number of rotatable bonds is 18. The van der Waals surface area contributed by atoms with Crippen molar-refractivity contribution in [3.8, 4) is 73.3 Å². The van der Waals surface area contributed by atoms with Crippen LogP contribution in [0.25, 0.3) is 72.4 Å². The Labute approximate surface area is 924 Å². The molecule has 0 bridgehead atoms. The average Bonchev–Trinajstić information content (AvgIpc) is 1.44. The van der Waals surface area contributed by atoms with Crippen molar-refractivity contribution in [2.24, 2.45) is 5.92 Å². The fourth-order valence-corrected chi connectivity index (χ4v) is 12.4. The minimum Gasteiger partial charge on any atom is -0.305 e. The van der Waals surface area contributed by atoms with Gasteiger partial charge in [0.2, 0.25) is 0 Å². The van der Waals surface area contributed by atoms with E-state index in [2.05, 4.69) is 121 Å². The first-order valence-corrected chi connectivity index (χ1v) is 46.6. The summed E-state index contributed by atoms with van der Waals surface area (Å²) in [4.78, 5) is 47.3. The molecule has 16 rings (SSSR count). The summed E-state index contributed by atoms with van der Waals surface area (Å²) >= 11 is 1.47. The van der Waals surface area contributed by atoms with Crippen LogP contribution in [0.4, 0.5) is 49.6 Å². The van der Waals surface area contributed by atoms with Crippen LogP contribution < -0.4 is 4.74 Å². The Morgan fingerprint density at radius 3 is 1.19 bits per heavy atom. The van der Waals surface area contributed by atoms with Gasteiger partial charge in [-0.1, -0.05) is 130 Å². The van der Waals surface area contributed by atoms with E-state index in [0.29, 0.717) is 59.3 Å². The van der Waals surface area contributed by atoms with Crippen LogP contribution in [0.3, 0.4) is 0 Å². The molecule has 9 aromatic heterocycles. The summed E-state index contributed by atoms with van der Waals surface area (Å²) in [7, 11) is 3.05. The minimum atomic E-state index is -4.69. The third-order valence-corrected chi connectivity index (χ3v) is 18.9. The van der Waals surface area contributed by atoms with Crippen LogP contribution in [0, 0.1) is 105 Å². The second-order valence-corrected chi connectivity index (χ2v) is 29.6. The normalized spacial score (nSPS) is 10.7. The molecule has 6 aromatic carbocycles. The molecular formula is C104H99BClF10Ir4N14O8PPt2-5. The fraction of sp³-hybridized carbons (Fsp3) is 0.192. The number of pyridine rings is 6. The molecule has 1 saturated carbocycles. The number of nitrogens with zero attached hydrogens (tertiary/aromatic N) is 14. The van der Waals surface area contributed by atoms with Crippen molar-refractivity contribution in [1.29, 1.82) is 5.26 Å². The van der Waals surface area contributed by atoms with Gasteiger partial charge in [-0.15, -0.1) is 173 Å². The zero-order valence-corrected chi connectivity index (χ0v) is 95.0. The van der Waals surface area contributed by atoms with Gasteiger partial charge in [-0.05, 0) is 143 Å². The van der Waals surface area contributed by atoms with E-state index < -0.39 is 55.7 Å². The van der Waals surface area contributed by atoms with Gasteiger partial charge in [0.15, 0.2) is 17.3 Å². The van der Waals surface area contributed by atoms with Crippen LogP contribution >= 0.6 is 18.2 Å². The zero-order valence-electron chi connectivity index (χ0n) is 79.1. The first kappa shape index (κ1) is 136. The Morgan fingerprint density at radius 1 is 0.503 bits per heavy atom. The minimum absolute atomic E-state index is 0. The Bertz CT molecular complexity index is 5920. The number of carbonyl (C=O) groups excluding carboxylic acids is 2. The van der Waals surface area contributed by atoms with E-state index >= 15 is 0 Å². The van der Waals surface area contributed by atoms with E-state index in [9.17, 15) is 53.5 Å². The molecule has 1 fully saturated rings. The molecule has 0 atom stereocenters. The quantitative estimate of drug-likeness (QED) is 0.0202. The van der Waals surface area contributed by atoms with Crippen molar-refractivity contribution in [2.75, 3.05) is 19.8 Å². The third kappa shape index (κ3) is 55.4. The molecule has 0 saturated heterocycles. The molecule has 3 radical (unpaired) electrons. The summed E-state index contributed by atoms with van der Waals surface area (Å²) in [6.07, 6.45) is 21.1. The number of aryl methyl sites for hydroxylation is 2. The number of hydrogen-bond donors (Lipinski definition) is 2. The van der Waals surface area contributed by atoms with E-state index in [1.54, 1.807) is 143 Å². The molecule has 0 spiro atoms. The number of halogens is 11. The number of benzene rings is 6. The summed E-state index contributed by atoms with van der Waals surface area (Å²) in [6, 6.07) is 77.1. The molecule has 1 aliphatic rings. The second kappa shape index (κ2) is 78.3. The van der Waals surface area contributed by atoms with Crippen molar-refractivity contribution in [2.45, 2.75) is 107 Å². The van der Waals surface area contributed by atoms with E-state index in [1.165, 1.54) is 114 Å². The van der Waals surface area contributed by atoms with E-state index in [1.807, 2.05) is 130 Å². The van der Waals surface area contributed by atoms with Crippen molar-refractivity contribution < 1.29 is 202 Å². The van der Waals surface area contributed by atoms with Gasteiger partial charge in [0.25, 0.3) is 0 Å². The summed E-state index contributed by atoms with van der Waals surface area (Å²) in [5.41, 5.74) is 7.99. The van der Waals surface area contributed by atoms with Crippen molar-refractivity contribution >= 4 is 42.6 Å². The Balaban J connectivity index is 0. The number of ether oxygens (including phenoxy) is 1. The Morgan fingerprint density at radius 2 is 0.890 bits per heavy atom. The fourth-order valence-electron chi connectivity index (χ4n) is 11.4. The van der Waals surface area contributed by atoms with Gasteiger partial charge >= 0.3 is 55.7 Å². The molecular weight excluding hydrogens is 3000 g/mol. The van der Waals surface area contributed by atoms with Crippen LogP contribution in [-0.2, 0) is 150 Å². The maximum atomic E-state index is 13.7. The van der Waals surface area contributed by atoms with E-state index in [4.69, 9.17) is 42.2 Å². The summed E-state index contributed by atoms with van der Waals surface area (Å²) in [5.74, 6) is -2.74. The van der Waals surface area contributed by atoms with Crippen molar-refractivity contribution in [3.05, 3.63) is 418 Å². The van der Waals surface area contributed by atoms with Crippen molar-refractivity contribution in [1.82, 2.24) is 59.0 Å². The van der Waals surface area contributed by atoms with Crippen LogP contribution in [0.15, 0.2) is 316 Å². The van der Waals surface area contributed by atoms with E-state index in [-0.39, 0.29) is 150 Å². The molecule has 0 amide bonds. The van der Waals surface area contributed by atoms with Crippen LogP contribution in [0.2, 0.25) is 0 Å². The van der Waals surface area contributed by atoms with Crippen LogP contribution in [-0.4, -0.2) is 114 Å². The number of aromatic nitrogens is 12. The Kier molecular flexibility index (Phi) is 73.5. The molecule has 0 aliphatic heterocycles. The number of carbonyl (C=O) groups is 2. The first-order chi connectivity index (χ1) is 67.3. The number of aliphatic hydroxyl groups excluding tert-OH is 2. The van der Waals surface area contributed by atoms with Crippen molar-refractivity contribution in [3.63, 3.8) is 0 Å². The number of ketones is 2. The number of alkyl halides is 6. The molecule has 22 nitrogen and oxygen atoms in total. The maximum absolute atomic E-state index is 13.7. The van der Waals surface area contributed by atoms with Gasteiger partial charge in [0.1, 0.15) is 0 Å². The van der Waals surface area contributed by atoms with E-state index in [0.717, 1.165) is 64.8 Å². The predicted octanol–water partition coefficient (Wildman–Crippen LogP) is 26.4. The smallest absolute Gasteiger partial charge is 0.305 e. The van der Waals surface area contributed by atoms with Crippen LogP contribution in [0.1, 0.15) is 97.3 Å². The Hall–Kier alpha value is -11.0. The first-order valence-electron chi connectivity index (χ1n) is 42.4. The third-order valence-electron chi connectivity index (χ3n) is 17.3.